The smallest absolute Gasteiger partial charge is 0.306 e. The molecular formula is C21H20F2N8O4S. The maximum Gasteiger partial charge on any atom is 0.306 e. The highest BCUT2D eigenvalue weighted by molar-refractivity contribution is 7.21. The van der Waals surface area contributed by atoms with Gasteiger partial charge in [0.25, 0.3) is 12.3 Å². The number of hydrogen-bond acceptors (Lipinski definition) is 8. The maximum atomic E-state index is 13.6. The zero-order chi connectivity index (χ0) is 26.3. The molecule has 36 heavy (non-hydrogen) atoms. The number of nitrogens with two attached hydrogens (primary N) is 1. The molecule has 15 heteroatoms. The van der Waals surface area contributed by atoms with E-state index < -0.39 is 34.8 Å². The second-order valence-corrected chi connectivity index (χ2v) is 9.08. The summed E-state index contributed by atoms with van der Waals surface area (Å²) in [4.78, 5) is 39.7. The monoisotopic (exact) mass is 518 g/mol. The SMILES string of the molecule is Cc1c(-c2cc(C(F)F)nc3sc(C(N)=O)c(NC(=O)C(C)Cn4cc([N+](=O)[O-])cn4)c23)cnn1C. The molecule has 1 atom stereocenters. The van der Waals surface area contributed by atoms with Crippen molar-refractivity contribution in [3.05, 3.63) is 51.0 Å². The molecule has 4 aromatic heterocycles. The Morgan fingerprint density at radius 1 is 1.28 bits per heavy atom. The van der Waals surface area contributed by atoms with E-state index in [1.807, 2.05) is 0 Å². The van der Waals surface area contributed by atoms with Gasteiger partial charge in [-0.15, -0.1) is 11.3 Å². The number of halogens is 2. The molecule has 4 aromatic rings. The van der Waals surface area contributed by atoms with E-state index in [0.29, 0.717) is 16.8 Å². The Labute approximate surface area is 205 Å². The van der Waals surface area contributed by atoms with Crippen LogP contribution < -0.4 is 11.1 Å². The van der Waals surface area contributed by atoms with Gasteiger partial charge in [-0.1, -0.05) is 6.92 Å². The molecular weight excluding hydrogens is 498 g/mol. The molecule has 0 aliphatic carbocycles. The number of rotatable bonds is 8. The quantitative estimate of drug-likeness (QED) is 0.266. The largest absolute Gasteiger partial charge is 0.365 e. The van der Waals surface area contributed by atoms with Crippen LogP contribution in [-0.4, -0.2) is 41.3 Å². The van der Waals surface area contributed by atoms with Crippen LogP contribution in [0.15, 0.2) is 24.7 Å². The van der Waals surface area contributed by atoms with Crippen molar-refractivity contribution in [2.24, 2.45) is 18.7 Å². The minimum atomic E-state index is -2.87. The van der Waals surface area contributed by atoms with Crippen molar-refractivity contribution in [3.63, 3.8) is 0 Å². The van der Waals surface area contributed by atoms with Crippen LogP contribution in [0.5, 0.6) is 0 Å². The van der Waals surface area contributed by atoms with Gasteiger partial charge in [0.2, 0.25) is 5.91 Å². The summed E-state index contributed by atoms with van der Waals surface area (Å²) in [5, 5.41) is 21.9. The Balaban J connectivity index is 1.79. The number of amides is 2. The lowest BCUT2D eigenvalue weighted by Gasteiger charge is -2.14. The van der Waals surface area contributed by atoms with Gasteiger partial charge in [0.05, 0.1) is 29.3 Å². The van der Waals surface area contributed by atoms with Gasteiger partial charge in [0.15, 0.2) is 0 Å². The van der Waals surface area contributed by atoms with Crippen LogP contribution in [0.4, 0.5) is 20.2 Å². The highest BCUT2D eigenvalue weighted by Crippen LogP contribution is 2.43. The van der Waals surface area contributed by atoms with E-state index in [2.05, 4.69) is 20.5 Å². The summed E-state index contributed by atoms with van der Waals surface area (Å²) < 4.78 is 30.1. The van der Waals surface area contributed by atoms with Gasteiger partial charge >= 0.3 is 5.69 Å². The van der Waals surface area contributed by atoms with Gasteiger partial charge < -0.3 is 11.1 Å². The third kappa shape index (κ3) is 4.51. The van der Waals surface area contributed by atoms with Crippen LogP contribution in [0.25, 0.3) is 21.3 Å². The summed E-state index contributed by atoms with van der Waals surface area (Å²) in [5.74, 6) is -2.14. The molecule has 2 amide bonds. The Hall–Kier alpha value is -4.27. The Bertz CT molecular complexity index is 1510. The number of primary amides is 1. The van der Waals surface area contributed by atoms with Gasteiger partial charge in [-0.25, -0.2) is 13.8 Å². The number of thiophene rings is 1. The zero-order valence-corrected chi connectivity index (χ0v) is 20.0. The van der Waals surface area contributed by atoms with Crippen LogP contribution >= 0.6 is 11.3 Å². The fourth-order valence-corrected chi connectivity index (χ4v) is 4.67. The number of nitrogens with one attached hydrogen (secondary N) is 1. The summed E-state index contributed by atoms with van der Waals surface area (Å²) in [7, 11) is 1.69. The third-order valence-electron chi connectivity index (χ3n) is 5.64. The van der Waals surface area contributed by atoms with Crippen LogP contribution in [-0.2, 0) is 18.4 Å². The lowest BCUT2D eigenvalue weighted by molar-refractivity contribution is -0.385. The van der Waals surface area contributed by atoms with Crippen molar-refractivity contribution in [1.29, 1.82) is 0 Å². The number of hydrogen-bond donors (Lipinski definition) is 2. The molecule has 0 saturated carbocycles. The predicted molar refractivity (Wildman–Crippen MR) is 127 cm³/mol. The van der Waals surface area contributed by atoms with Gasteiger partial charge in [-0.3, -0.25) is 29.1 Å². The van der Waals surface area contributed by atoms with Crippen molar-refractivity contribution >= 4 is 44.7 Å². The predicted octanol–water partition coefficient (Wildman–Crippen LogP) is 3.42. The Morgan fingerprint density at radius 3 is 2.56 bits per heavy atom. The van der Waals surface area contributed by atoms with E-state index in [0.717, 1.165) is 17.5 Å². The van der Waals surface area contributed by atoms with Gasteiger partial charge in [-0.2, -0.15) is 10.2 Å². The number of carbonyl (C=O) groups excluding carboxylic acids is 2. The number of carbonyl (C=O) groups is 2. The first-order valence-electron chi connectivity index (χ1n) is 10.5. The lowest BCUT2D eigenvalue weighted by atomic mass is 10.0. The normalized spacial score (nSPS) is 12.3. The zero-order valence-electron chi connectivity index (χ0n) is 19.2. The summed E-state index contributed by atoms with van der Waals surface area (Å²) in [6, 6.07) is 1.20. The van der Waals surface area contributed by atoms with E-state index in [4.69, 9.17) is 5.73 Å². The topological polar surface area (TPSA) is 164 Å². The van der Waals surface area contributed by atoms with Crippen LogP contribution in [0.1, 0.15) is 34.4 Å². The molecule has 0 aliphatic heterocycles. The summed E-state index contributed by atoms with van der Waals surface area (Å²) in [6.45, 7) is 3.33. The second kappa shape index (κ2) is 9.41. The average Bonchev–Trinajstić information content (AvgIpc) is 3.51. The van der Waals surface area contributed by atoms with E-state index >= 15 is 0 Å². The number of aromatic nitrogens is 5. The fourth-order valence-electron chi connectivity index (χ4n) is 3.65. The number of alkyl halides is 2. The van der Waals surface area contributed by atoms with Crippen molar-refractivity contribution in [2.45, 2.75) is 26.8 Å². The molecule has 0 spiro atoms. The minimum absolute atomic E-state index is 0.00992. The maximum absolute atomic E-state index is 13.6. The highest BCUT2D eigenvalue weighted by atomic mass is 32.1. The molecule has 0 aliphatic rings. The van der Waals surface area contributed by atoms with Crippen molar-refractivity contribution < 1.29 is 23.3 Å². The van der Waals surface area contributed by atoms with Gasteiger partial charge in [-0.05, 0) is 18.6 Å². The standard InChI is InChI=1S/C21H20F2N8O4S/c1-9(7-30-8-11(5-26-30)31(34)35)20(33)28-16-15-12(13-6-25-29(3)10(13)2)4-14(18(22)23)27-21(15)36-17(16)19(24)32/h4-6,8-9,18H,7H2,1-3H3,(H2,24,32)(H,28,33). The molecule has 4 heterocycles. The average molecular weight is 519 g/mol. The number of pyridine rings is 1. The molecule has 1 unspecified atom stereocenters. The number of nitro groups is 1. The van der Waals surface area contributed by atoms with E-state index in [9.17, 15) is 28.5 Å². The van der Waals surface area contributed by atoms with Gasteiger partial charge in [0.1, 0.15) is 27.8 Å². The van der Waals surface area contributed by atoms with E-state index in [1.54, 1.807) is 25.6 Å². The Kier molecular flexibility index (Phi) is 6.49. The van der Waals surface area contributed by atoms with Crippen LogP contribution in [0, 0.1) is 23.0 Å². The molecule has 4 rings (SSSR count). The van der Waals surface area contributed by atoms with Crippen molar-refractivity contribution in [1.82, 2.24) is 24.5 Å². The molecule has 0 fully saturated rings. The number of nitrogens with zero attached hydrogens (tertiary/aromatic N) is 6. The van der Waals surface area contributed by atoms with Crippen molar-refractivity contribution in [3.8, 4) is 11.1 Å². The first kappa shape index (κ1) is 24.8. The number of fused-ring (bicyclic) bond motifs is 1. The summed E-state index contributed by atoms with van der Waals surface area (Å²) in [5.41, 5.74) is 6.39. The molecule has 0 aromatic carbocycles. The molecule has 0 saturated heterocycles. The number of aryl methyl sites for hydroxylation is 1. The van der Waals surface area contributed by atoms with Crippen LogP contribution in [0.3, 0.4) is 0 Å². The summed E-state index contributed by atoms with van der Waals surface area (Å²) >= 11 is 0.796. The first-order valence-corrected chi connectivity index (χ1v) is 11.3. The van der Waals surface area contributed by atoms with E-state index in [1.165, 1.54) is 23.1 Å². The van der Waals surface area contributed by atoms with Crippen LogP contribution in [0.2, 0.25) is 0 Å². The fraction of sp³-hybridized carbons (Fsp3) is 0.286. The molecule has 12 nitrogen and oxygen atoms in total. The third-order valence-corrected chi connectivity index (χ3v) is 6.74. The Morgan fingerprint density at radius 2 is 2.00 bits per heavy atom. The first-order chi connectivity index (χ1) is 17.0. The van der Waals surface area contributed by atoms with E-state index in [-0.39, 0.29) is 33.0 Å². The van der Waals surface area contributed by atoms with Crippen molar-refractivity contribution in [2.75, 3.05) is 5.32 Å². The highest BCUT2D eigenvalue weighted by Gasteiger charge is 2.27. The number of anilines is 1. The van der Waals surface area contributed by atoms with Gasteiger partial charge in [0, 0.05) is 23.7 Å². The molecule has 188 valence electrons. The molecule has 3 N–H and O–H groups in total. The lowest BCUT2D eigenvalue weighted by Crippen LogP contribution is -2.25. The molecule has 0 radical (unpaired) electrons. The minimum Gasteiger partial charge on any atom is -0.365 e. The summed E-state index contributed by atoms with van der Waals surface area (Å²) in [6.07, 6.45) is 0.884. The molecule has 0 bridgehead atoms. The second-order valence-electron chi connectivity index (χ2n) is 8.08.